The Morgan fingerprint density at radius 1 is 0.541 bits per heavy atom. The van der Waals surface area contributed by atoms with Crippen LogP contribution in [0.4, 0.5) is 69.3 Å². The molecule has 2 heterocycles. The molecule has 10 rings (SSSR count). The Bertz CT molecular complexity index is 5680. The van der Waals surface area contributed by atoms with E-state index in [1.165, 1.54) is 42.5 Å². The topological polar surface area (TPSA) is 574 Å². The molecule has 0 aliphatic heterocycles. The summed E-state index contributed by atoms with van der Waals surface area (Å²) < 4.78 is 201. The van der Waals surface area contributed by atoms with Gasteiger partial charge in [0.05, 0.1) is 53.2 Å². The van der Waals surface area contributed by atoms with Crippen LogP contribution in [0.25, 0.3) is 21.5 Å². The third-order valence-corrected chi connectivity index (χ3v) is 21.2. The predicted molar refractivity (Wildman–Crippen MR) is 412 cm³/mol. The molecule has 0 saturated carbocycles. The van der Waals surface area contributed by atoms with Gasteiger partial charge < -0.3 is 45.3 Å². The summed E-state index contributed by atoms with van der Waals surface area (Å²) in [6, 6.07) is 35.0. The van der Waals surface area contributed by atoms with Gasteiger partial charge in [-0.3, -0.25) is 18.2 Å². The van der Waals surface area contributed by atoms with Gasteiger partial charge in [0.25, 0.3) is 10.1 Å². The maximum Gasteiger partial charge on any atom is 0.425 e. The van der Waals surface area contributed by atoms with Gasteiger partial charge in [-0.05, 0) is 174 Å². The number of anilines is 8. The second-order valence-electron chi connectivity index (χ2n) is 21.4. The molecule has 1 unspecified atom stereocenters. The monoisotopic (exact) mass is 1760 g/mol. The van der Waals surface area contributed by atoms with E-state index in [-0.39, 0.29) is 102 Å². The molecule has 0 aliphatic carbocycles. The molecule has 111 heavy (non-hydrogen) atoms. The van der Waals surface area contributed by atoms with Crippen molar-refractivity contribution in [2.24, 2.45) is 20.5 Å². The zero-order valence-electron chi connectivity index (χ0n) is 55.9. The Morgan fingerprint density at radius 3 is 1.62 bits per heavy atom. The molecule has 0 spiro atoms. The summed E-state index contributed by atoms with van der Waals surface area (Å²) in [6.45, 7) is 0.987. The highest BCUT2D eigenvalue weighted by Gasteiger charge is 2.25. The number of azo groups is 2. The highest BCUT2D eigenvalue weighted by molar-refractivity contribution is 8.76. The lowest BCUT2D eigenvalue weighted by Gasteiger charge is -2.15. The Hall–Kier alpha value is -9.36. The summed E-state index contributed by atoms with van der Waals surface area (Å²) in [7, 11) is -18.3. The van der Waals surface area contributed by atoms with E-state index in [0.717, 1.165) is 23.7 Å². The molecule has 10 aromatic rings. The summed E-state index contributed by atoms with van der Waals surface area (Å²) in [5.41, 5.74) is 2.50. The van der Waals surface area contributed by atoms with Crippen LogP contribution in [0, 0.1) is 6.92 Å². The molecule has 588 valence electrons. The van der Waals surface area contributed by atoms with Crippen LogP contribution in [0.15, 0.2) is 170 Å². The molecule has 51 heteroatoms. The minimum absolute atomic E-state index is 0.0284. The number of nitrogens with one attached hydrogen (secondary N) is 4. The van der Waals surface area contributed by atoms with E-state index in [4.69, 9.17) is 67.3 Å². The van der Waals surface area contributed by atoms with Gasteiger partial charge in [-0.25, -0.2) is 16.8 Å². The van der Waals surface area contributed by atoms with Crippen molar-refractivity contribution in [3.05, 3.63) is 161 Å². The number of hydrogen-bond acceptors (Lipinski definition) is 39. The van der Waals surface area contributed by atoms with Gasteiger partial charge in [0, 0.05) is 57.5 Å². The largest absolute Gasteiger partial charge is 0.505 e. The fraction of sp³-hybridized carbons (Fsp3) is 0.167. The van der Waals surface area contributed by atoms with Crippen molar-refractivity contribution in [1.29, 1.82) is 0 Å². The zero-order valence-corrected chi connectivity index (χ0v) is 65.6. The SMILES string of the molecule is Cc1cc2cc(OS(=O)O)cc(Nc3nc(Cl)nc(Nc4ccc(S(=O)(=O)CCOS(=O)(=O)O)cc4)n3)c2c(O)c1N=Nc1ccc(OOSCCSSCCOc2ccc(N=Nc3c(S(=O)(=O)O)cc4cccc(Nc5nc(Cl)nc(Nc6ccc(CCCOS(=O)(=O)O)cc6)n5)c4c3O)cc2)cc1.O=S.O=S(=O)=O. The second kappa shape index (κ2) is 40.7. The molecular formula is C60H54Cl2N14O25S10. The van der Waals surface area contributed by atoms with Gasteiger partial charge in [-0.15, -0.1) is 27.2 Å². The number of nitrogens with zero attached hydrogens (tertiary/aromatic N) is 10. The number of phenols is 2. The first-order valence-corrected chi connectivity index (χ1v) is 42.8. The quantitative estimate of drug-likeness (QED) is 0.00255. The number of aryl methyl sites for hydroxylation is 2. The van der Waals surface area contributed by atoms with E-state index in [9.17, 15) is 57.2 Å². The van der Waals surface area contributed by atoms with Crippen LogP contribution in [0.3, 0.4) is 0 Å². The number of aromatic nitrogens is 6. The molecule has 39 nitrogen and oxygen atoms in total. The molecule has 0 amide bonds. The highest BCUT2D eigenvalue weighted by Crippen LogP contribution is 2.47. The van der Waals surface area contributed by atoms with E-state index < -0.39 is 91.4 Å². The van der Waals surface area contributed by atoms with Crippen molar-refractivity contribution in [2.45, 2.75) is 29.6 Å². The van der Waals surface area contributed by atoms with Crippen LogP contribution in [0.1, 0.15) is 17.5 Å². The first-order valence-electron chi connectivity index (χ1n) is 30.4. The smallest absolute Gasteiger partial charge is 0.425 e. The lowest BCUT2D eigenvalue weighted by atomic mass is 10.0. The number of benzene rings is 8. The van der Waals surface area contributed by atoms with Crippen molar-refractivity contribution in [2.75, 3.05) is 64.1 Å². The maximum absolute atomic E-state index is 12.7. The highest BCUT2D eigenvalue weighted by atomic mass is 35.5. The number of ether oxygens (including phenoxy) is 1. The summed E-state index contributed by atoms with van der Waals surface area (Å²) in [5.74, 6) is 0.492. The van der Waals surface area contributed by atoms with Crippen molar-refractivity contribution < 1.29 is 110 Å². The van der Waals surface area contributed by atoms with Crippen molar-refractivity contribution >= 4 is 223 Å². The van der Waals surface area contributed by atoms with Gasteiger partial charge in [0.1, 0.15) is 27.8 Å². The average molecular weight is 1760 g/mol. The fourth-order valence-corrected chi connectivity index (χ4v) is 15.1. The Balaban J connectivity index is 0.00000250. The first kappa shape index (κ1) is 87.2. The summed E-state index contributed by atoms with van der Waals surface area (Å²) in [6.07, 6.45) is 0.785. The molecule has 0 aliphatic rings. The van der Waals surface area contributed by atoms with Gasteiger partial charge in [-0.2, -0.15) is 73.8 Å². The Labute approximate surface area is 661 Å². The molecule has 2 aromatic heterocycles. The van der Waals surface area contributed by atoms with Gasteiger partial charge in [-0.1, -0.05) is 45.9 Å². The third-order valence-electron chi connectivity index (χ3n) is 13.8. The maximum atomic E-state index is 12.7. The molecule has 0 bridgehead atoms. The first-order chi connectivity index (χ1) is 52.7. The molecule has 10 N–H and O–H groups in total. The number of rotatable bonds is 36. The van der Waals surface area contributed by atoms with Gasteiger partial charge in [0.15, 0.2) is 39.6 Å². The normalized spacial score (nSPS) is 12.0. The Morgan fingerprint density at radius 2 is 1.05 bits per heavy atom. The lowest BCUT2D eigenvalue weighted by Crippen LogP contribution is -2.15. The van der Waals surface area contributed by atoms with Crippen LogP contribution in [-0.4, -0.2) is 156 Å². The van der Waals surface area contributed by atoms with E-state index >= 15 is 0 Å². The third kappa shape index (κ3) is 27.8. The fourth-order valence-electron chi connectivity index (χ4n) is 9.37. The van der Waals surface area contributed by atoms with E-state index in [1.807, 2.05) is 0 Å². The number of phenolic OH excluding ortho intramolecular Hbond substituents is 2. The molecule has 0 saturated heterocycles. The number of fused-ring (bicyclic) bond motifs is 2. The molecular weight excluding hydrogens is 1710 g/mol. The number of hydrogen-bond donors (Lipinski definition) is 10. The zero-order chi connectivity index (χ0) is 80.6. The van der Waals surface area contributed by atoms with Crippen LogP contribution in [-0.2, 0) is 94.4 Å². The summed E-state index contributed by atoms with van der Waals surface area (Å²) in [4.78, 5) is 29.7. The Kier molecular flexibility index (Phi) is 32.0. The van der Waals surface area contributed by atoms with Gasteiger partial charge >= 0.3 is 42.8 Å². The van der Waals surface area contributed by atoms with Crippen LogP contribution in [0.5, 0.6) is 28.7 Å². The minimum Gasteiger partial charge on any atom is -0.505 e. The van der Waals surface area contributed by atoms with Crippen LogP contribution in [0.2, 0.25) is 10.6 Å². The van der Waals surface area contributed by atoms with Crippen molar-refractivity contribution in [3.63, 3.8) is 0 Å². The van der Waals surface area contributed by atoms with E-state index in [1.54, 1.807) is 120 Å². The summed E-state index contributed by atoms with van der Waals surface area (Å²) >= 11 is 13.7. The lowest BCUT2D eigenvalue weighted by molar-refractivity contribution is -0.0775. The van der Waals surface area contributed by atoms with Crippen molar-refractivity contribution in [1.82, 2.24) is 29.9 Å². The minimum atomic E-state index is -4.96. The number of aromatic hydroxyl groups is 2. The molecule has 8 aromatic carbocycles. The van der Waals surface area contributed by atoms with E-state index in [2.05, 4.69) is 92.5 Å². The average Bonchev–Trinajstić information content (AvgIpc) is 0.765. The standard InChI is InChI=1S/C60H54Cl2N14O21S8.O3S.OS/c1-34-30-37-31-44(96-101(79)80)33-47(66-60-70-56(62)68-58(72-60)64-39-15-21-45(22-16-39)102(81,82)29-25-94-105(89,90)91)50(37)53(77)51(34)75-73-41-13-19-43(20-14-41)95-97-98-27-28-100-99-26-24-92-42-17-11-40(12-18-42)74-76-52-48(103(83,84)85)32-36-5-2-6-46(49(36)54(52)78)65-59-69-55(61)67-57(71-59)63-38-9-7-35(8-10-38)4-3-23-93-104(86,87)88;1-4(2)3;1-2/h2,5-22,30-33,77-78H,3-4,23-29H2,1H3,(H,79,80)(H,83,84,85)(H,86,87,88)(H,89,90,91)(H2,63,65,67,69,71)(H2,64,66,68,70,72);;. The summed E-state index contributed by atoms with van der Waals surface area (Å²) in [5, 5.41) is 52.2. The second-order valence-corrected chi connectivity index (χ2v) is 32.3. The van der Waals surface area contributed by atoms with Crippen LogP contribution >= 0.6 is 56.8 Å². The van der Waals surface area contributed by atoms with Gasteiger partial charge in [0.2, 0.25) is 34.4 Å². The molecule has 0 radical (unpaired) electrons. The number of halogens is 2. The van der Waals surface area contributed by atoms with Crippen LogP contribution < -0.4 is 35.1 Å². The molecule has 1 atom stereocenters. The van der Waals surface area contributed by atoms with E-state index in [0.29, 0.717) is 70.5 Å². The number of sulfone groups is 1. The molecule has 0 fully saturated rings. The predicted octanol–water partition coefficient (Wildman–Crippen LogP) is 12.4. The van der Waals surface area contributed by atoms with Crippen molar-refractivity contribution in [3.8, 4) is 28.7 Å².